The number of rotatable bonds is 2. The quantitative estimate of drug-likeness (QED) is 0.753. The third kappa shape index (κ3) is 3.35. The Morgan fingerprint density at radius 1 is 1.00 bits per heavy atom. The molecule has 0 aliphatic carbocycles. The summed E-state index contributed by atoms with van der Waals surface area (Å²) in [5.74, 6) is 1.63. The number of hydrogen-bond donors (Lipinski definition) is 0. The Bertz CT molecular complexity index is 675. The molecule has 1 aromatic heterocycles. The molecule has 21 heavy (non-hydrogen) atoms. The summed E-state index contributed by atoms with van der Waals surface area (Å²) in [7, 11) is 1.68. The molecule has 1 heterocycles. The average molecular weight is 305 g/mol. The maximum atomic E-state index is 6.18. The highest BCUT2D eigenvalue weighted by Crippen LogP contribution is 2.31. The Morgan fingerprint density at radius 2 is 1.67 bits per heavy atom. The van der Waals surface area contributed by atoms with Gasteiger partial charge >= 0.3 is 0 Å². The summed E-state index contributed by atoms with van der Waals surface area (Å²) in [6.45, 7) is 10.3. The van der Waals surface area contributed by atoms with E-state index in [1.54, 1.807) is 7.11 Å². The van der Waals surface area contributed by atoms with Crippen molar-refractivity contribution in [3.63, 3.8) is 0 Å². The Kier molecular flexibility index (Phi) is 4.24. The van der Waals surface area contributed by atoms with Gasteiger partial charge in [-0.25, -0.2) is 9.97 Å². The first-order valence-corrected chi connectivity index (χ1v) is 7.31. The van der Waals surface area contributed by atoms with Gasteiger partial charge in [0.2, 0.25) is 0 Å². The van der Waals surface area contributed by atoms with Crippen LogP contribution < -0.4 is 4.74 Å². The van der Waals surface area contributed by atoms with Crippen LogP contribution in [0.4, 0.5) is 0 Å². The van der Waals surface area contributed by atoms with Crippen molar-refractivity contribution in [1.29, 1.82) is 0 Å². The Morgan fingerprint density at radius 3 is 2.24 bits per heavy atom. The minimum Gasteiger partial charge on any atom is -0.496 e. The number of benzene rings is 1. The van der Waals surface area contributed by atoms with Crippen molar-refractivity contribution in [3.05, 3.63) is 40.3 Å². The van der Waals surface area contributed by atoms with Crippen molar-refractivity contribution in [3.8, 4) is 17.0 Å². The van der Waals surface area contributed by atoms with Crippen LogP contribution in [0.1, 0.15) is 37.7 Å². The highest BCUT2D eigenvalue weighted by molar-refractivity contribution is 6.29. The van der Waals surface area contributed by atoms with Crippen molar-refractivity contribution in [2.24, 2.45) is 0 Å². The molecule has 0 radical (unpaired) electrons. The van der Waals surface area contributed by atoms with Crippen LogP contribution in [0.5, 0.6) is 5.75 Å². The van der Waals surface area contributed by atoms with E-state index in [9.17, 15) is 0 Å². The van der Waals surface area contributed by atoms with E-state index in [0.717, 1.165) is 34.0 Å². The highest BCUT2D eigenvalue weighted by Gasteiger charge is 2.20. The van der Waals surface area contributed by atoms with Gasteiger partial charge < -0.3 is 4.74 Å². The summed E-state index contributed by atoms with van der Waals surface area (Å²) < 4.78 is 5.36. The lowest BCUT2D eigenvalue weighted by Gasteiger charge is -2.18. The molecule has 4 heteroatoms. The monoisotopic (exact) mass is 304 g/mol. The lowest BCUT2D eigenvalue weighted by molar-refractivity contribution is 0.411. The van der Waals surface area contributed by atoms with E-state index in [1.165, 1.54) is 0 Å². The molecule has 112 valence electrons. The first-order valence-electron chi connectivity index (χ1n) is 6.93. The normalized spacial score (nSPS) is 11.6. The maximum absolute atomic E-state index is 6.18. The lowest BCUT2D eigenvalue weighted by atomic mass is 9.95. The van der Waals surface area contributed by atoms with Gasteiger partial charge in [0, 0.05) is 17.0 Å². The molecule has 0 fully saturated rings. The molecule has 0 N–H and O–H groups in total. The van der Waals surface area contributed by atoms with Crippen LogP contribution in [0.15, 0.2) is 18.2 Å². The molecule has 0 saturated heterocycles. The van der Waals surface area contributed by atoms with Crippen LogP contribution in [-0.4, -0.2) is 17.1 Å². The standard InChI is InChI=1S/C17H21ClN2O/c1-10-8-14(21-6)11(2)7-12(10)13-9-15(18)20-16(19-13)17(3,4)5/h7-9H,1-6H3. The molecule has 1 aromatic carbocycles. The predicted octanol–water partition coefficient (Wildman–Crippen LogP) is 4.72. The summed E-state index contributed by atoms with van der Waals surface area (Å²) in [6.07, 6.45) is 0. The Balaban J connectivity index is 2.62. The summed E-state index contributed by atoms with van der Waals surface area (Å²) in [5.41, 5.74) is 3.94. The summed E-state index contributed by atoms with van der Waals surface area (Å²) in [4.78, 5) is 9.04. The van der Waals surface area contributed by atoms with Crippen LogP contribution in [-0.2, 0) is 5.41 Å². The van der Waals surface area contributed by atoms with E-state index in [-0.39, 0.29) is 5.41 Å². The zero-order valence-electron chi connectivity index (χ0n) is 13.4. The number of ether oxygens (including phenoxy) is 1. The van der Waals surface area contributed by atoms with Crippen molar-refractivity contribution in [1.82, 2.24) is 9.97 Å². The average Bonchev–Trinajstić information content (AvgIpc) is 2.39. The van der Waals surface area contributed by atoms with Crippen molar-refractivity contribution >= 4 is 11.6 Å². The molecule has 3 nitrogen and oxygen atoms in total. The van der Waals surface area contributed by atoms with Gasteiger partial charge in [-0.2, -0.15) is 0 Å². The molecule has 0 atom stereocenters. The second-order valence-electron chi connectivity index (χ2n) is 6.29. The van der Waals surface area contributed by atoms with Crippen LogP contribution in [0.25, 0.3) is 11.3 Å². The van der Waals surface area contributed by atoms with Gasteiger partial charge in [0.1, 0.15) is 16.7 Å². The van der Waals surface area contributed by atoms with Gasteiger partial charge in [0.05, 0.1) is 12.8 Å². The zero-order valence-corrected chi connectivity index (χ0v) is 14.2. The van der Waals surface area contributed by atoms with Gasteiger partial charge in [-0.1, -0.05) is 32.4 Å². The number of aromatic nitrogens is 2. The highest BCUT2D eigenvalue weighted by atomic mass is 35.5. The predicted molar refractivity (Wildman–Crippen MR) is 87.2 cm³/mol. The fourth-order valence-corrected chi connectivity index (χ4v) is 2.36. The number of nitrogens with zero attached hydrogens (tertiary/aromatic N) is 2. The Hall–Kier alpha value is -1.61. The molecule has 0 amide bonds. The molecule has 0 unspecified atom stereocenters. The van der Waals surface area contributed by atoms with Crippen molar-refractivity contribution < 1.29 is 4.74 Å². The van der Waals surface area contributed by atoms with Crippen molar-refractivity contribution in [2.45, 2.75) is 40.0 Å². The van der Waals surface area contributed by atoms with Gasteiger partial charge in [0.25, 0.3) is 0 Å². The second-order valence-corrected chi connectivity index (χ2v) is 6.67. The van der Waals surface area contributed by atoms with Crippen LogP contribution in [0.3, 0.4) is 0 Å². The number of halogens is 1. The van der Waals surface area contributed by atoms with Gasteiger partial charge in [-0.05, 0) is 37.1 Å². The molecule has 2 aromatic rings. The summed E-state index contributed by atoms with van der Waals surface area (Å²) in [5, 5.41) is 0.470. The number of methoxy groups -OCH3 is 1. The smallest absolute Gasteiger partial charge is 0.136 e. The van der Waals surface area contributed by atoms with Crippen molar-refractivity contribution in [2.75, 3.05) is 7.11 Å². The van der Waals surface area contributed by atoms with E-state index >= 15 is 0 Å². The van der Waals surface area contributed by atoms with E-state index in [0.29, 0.717) is 5.15 Å². The second kappa shape index (κ2) is 5.64. The van der Waals surface area contributed by atoms with Gasteiger partial charge in [-0.3, -0.25) is 0 Å². The van der Waals surface area contributed by atoms with E-state index in [1.807, 2.05) is 26.0 Å². The topological polar surface area (TPSA) is 35.0 Å². The molecule has 0 bridgehead atoms. The summed E-state index contributed by atoms with van der Waals surface area (Å²) in [6, 6.07) is 5.92. The van der Waals surface area contributed by atoms with E-state index in [4.69, 9.17) is 21.3 Å². The SMILES string of the molecule is COc1cc(C)c(-c2cc(Cl)nc(C(C)(C)C)n2)cc1C. The van der Waals surface area contributed by atoms with E-state index in [2.05, 4.69) is 31.8 Å². The fourth-order valence-electron chi connectivity index (χ4n) is 2.18. The van der Waals surface area contributed by atoms with E-state index < -0.39 is 0 Å². The first kappa shape index (κ1) is 15.8. The molecule has 2 rings (SSSR count). The van der Waals surface area contributed by atoms with Gasteiger partial charge in [-0.15, -0.1) is 0 Å². The minimum absolute atomic E-state index is 0.144. The van der Waals surface area contributed by atoms with Crippen LogP contribution in [0.2, 0.25) is 5.15 Å². The van der Waals surface area contributed by atoms with Gasteiger partial charge in [0.15, 0.2) is 0 Å². The zero-order chi connectivity index (χ0) is 15.8. The third-order valence-electron chi connectivity index (χ3n) is 3.38. The molecule has 0 spiro atoms. The fraction of sp³-hybridized carbons (Fsp3) is 0.412. The van der Waals surface area contributed by atoms with Crippen LogP contribution in [0, 0.1) is 13.8 Å². The molecule has 0 aliphatic rings. The molecular formula is C17H21ClN2O. The number of aryl methyl sites for hydroxylation is 2. The first-order chi connectivity index (χ1) is 9.72. The minimum atomic E-state index is -0.144. The molecular weight excluding hydrogens is 284 g/mol. The third-order valence-corrected chi connectivity index (χ3v) is 3.58. The molecule has 0 aliphatic heterocycles. The van der Waals surface area contributed by atoms with Crippen LogP contribution >= 0.6 is 11.6 Å². The Labute approximate surface area is 131 Å². The molecule has 0 saturated carbocycles. The largest absolute Gasteiger partial charge is 0.496 e. The lowest BCUT2D eigenvalue weighted by Crippen LogP contribution is -2.16. The summed E-state index contributed by atoms with van der Waals surface area (Å²) >= 11 is 6.18. The number of hydrogen-bond acceptors (Lipinski definition) is 3. The maximum Gasteiger partial charge on any atom is 0.136 e.